The Kier molecular flexibility index (Phi) is 3.53. The first-order valence-corrected chi connectivity index (χ1v) is 6.10. The van der Waals surface area contributed by atoms with Crippen LogP contribution in [0.5, 0.6) is 0 Å². The second-order valence-electron chi connectivity index (χ2n) is 4.80. The molecule has 1 saturated heterocycles. The van der Waals surface area contributed by atoms with Gasteiger partial charge in [0.25, 0.3) is 0 Å². The molecule has 0 bridgehead atoms. The fraction of sp³-hybridized carbons (Fsp3) is 0.538. The van der Waals surface area contributed by atoms with Gasteiger partial charge in [0.1, 0.15) is 0 Å². The molecule has 1 aliphatic rings. The Hall–Kier alpha value is -0.570. The second kappa shape index (κ2) is 4.74. The summed E-state index contributed by atoms with van der Waals surface area (Å²) in [6, 6.07) is 8.36. The van der Waals surface area contributed by atoms with Crippen LogP contribution in [0.4, 0.5) is 0 Å². The van der Waals surface area contributed by atoms with Gasteiger partial charge in [-0.2, -0.15) is 0 Å². The number of nitrogens with two attached hydrogens (primary N) is 1. The number of benzene rings is 1. The zero-order valence-electron chi connectivity index (χ0n) is 9.58. The molecular weight excluding hydrogens is 222 g/mol. The lowest BCUT2D eigenvalue weighted by Crippen LogP contribution is -2.47. The van der Waals surface area contributed by atoms with Gasteiger partial charge in [0.2, 0.25) is 0 Å². The Balaban J connectivity index is 2.11. The molecule has 16 heavy (non-hydrogen) atoms. The van der Waals surface area contributed by atoms with Crippen LogP contribution >= 0.6 is 11.6 Å². The van der Waals surface area contributed by atoms with Crippen molar-refractivity contribution in [1.29, 1.82) is 0 Å². The minimum Gasteiger partial charge on any atom is -0.379 e. The summed E-state index contributed by atoms with van der Waals surface area (Å²) in [7, 11) is 0. The molecule has 1 heterocycles. The molecule has 3 heteroatoms. The van der Waals surface area contributed by atoms with Crippen molar-refractivity contribution in [3.8, 4) is 0 Å². The van der Waals surface area contributed by atoms with Crippen LogP contribution < -0.4 is 5.73 Å². The van der Waals surface area contributed by atoms with Gasteiger partial charge in [-0.25, -0.2) is 0 Å². The third-order valence-electron chi connectivity index (χ3n) is 3.29. The summed E-state index contributed by atoms with van der Waals surface area (Å²) in [4.78, 5) is 0. The fourth-order valence-corrected chi connectivity index (χ4v) is 2.24. The molecule has 1 unspecified atom stereocenters. The maximum atomic E-state index is 5.90. The van der Waals surface area contributed by atoms with Crippen molar-refractivity contribution in [3.63, 3.8) is 0 Å². The highest BCUT2D eigenvalue weighted by atomic mass is 35.5. The van der Waals surface area contributed by atoms with Crippen LogP contribution in [-0.2, 0) is 10.2 Å². The first-order valence-electron chi connectivity index (χ1n) is 5.72. The Labute approximate surface area is 102 Å². The predicted octanol–water partition coefficient (Wildman–Crippen LogP) is 2.74. The highest BCUT2D eigenvalue weighted by Gasteiger charge is 2.39. The molecule has 0 aliphatic carbocycles. The van der Waals surface area contributed by atoms with Gasteiger partial charge >= 0.3 is 0 Å². The van der Waals surface area contributed by atoms with E-state index in [1.807, 2.05) is 12.1 Å². The lowest BCUT2D eigenvalue weighted by Gasteiger charge is -2.42. The molecule has 1 aromatic carbocycles. The molecule has 0 amide bonds. The summed E-state index contributed by atoms with van der Waals surface area (Å²) in [6.45, 7) is 3.66. The van der Waals surface area contributed by atoms with E-state index < -0.39 is 0 Å². The Morgan fingerprint density at radius 1 is 1.38 bits per heavy atom. The monoisotopic (exact) mass is 239 g/mol. The average molecular weight is 240 g/mol. The average Bonchev–Trinajstić information content (AvgIpc) is 2.18. The van der Waals surface area contributed by atoms with Crippen molar-refractivity contribution >= 4 is 11.6 Å². The van der Waals surface area contributed by atoms with Crippen LogP contribution in [0, 0.1) is 0 Å². The lowest BCUT2D eigenvalue weighted by atomic mass is 9.74. The fourth-order valence-electron chi connectivity index (χ4n) is 2.11. The van der Waals surface area contributed by atoms with Gasteiger partial charge in [-0.05, 0) is 37.5 Å². The van der Waals surface area contributed by atoms with Crippen LogP contribution in [0.2, 0.25) is 5.02 Å². The van der Waals surface area contributed by atoms with E-state index in [-0.39, 0.29) is 11.5 Å². The predicted molar refractivity (Wildman–Crippen MR) is 66.8 cm³/mol. The van der Waals surface area contributed by atoms with Crippen LogP contribution in [0.15, 0.2) is 24.3 Å². The van der Waals surface area contributed by atoms with Gasteiger partial charge in [0, 0.05) is 16.5 Å². The van der Waals surface area contributed by atoms with Crippen LogP contribution in [0.3, 0.4) is 0 Å². The Bertz CT molecular complexity index is 343. The summed E-state index contributed by atoms with van der Waals surface area (Å²) >= 11 is 5.90. The molecule has 0 spiro atoms. The van der Waals surface area contributed by atoms with Gasteiger partial charge in [-0.3, -0.25) is 0 Å². The van der Waals surface area contributed by atoms with Crippen molar-refractivity contribution in [2.45, 2.75) is 31.2 Å². The first kappa shape index (κ1) is 11.9. The van der Waals surface area contributed by atoms with Crippen molar-refractivity contribution in [1.82, 2.24) is 0 Å². The molecule has 2 rings (SSSR count). The number of halogens is 1. The summed E-state index contributed by atoms with van der Waals surface area (Å²) in [5, 5.41) is 0.784. The zero-order chi connectivity index (χ0) is 11.6. The van der Waals surface area contributed by atoms with Gasteiger partial charge in [0.05, 0.1) is 13.2 Å². The molecule has 0 aromatic heterocycles. The smallest absolute Gasteiger partial charge is 0.0585 e. The Morgan fingerprint density at radius 3 is 2.44 bits per heavy atom. The molecule has 2 N–H and O–H groups in total. The van der Waals surface area contributed by atoms with E-state index in [4.69, 9.17) is 22.1 Å². The maximum absolute atomic E-state index is 5.90. The highest BCUT2D eigenvalue weighted by molar-refractivity contribution is 6.30. The third-order valence-corrected chi connectivity index (χ3v) is 3.54. The zero-order valence-corrected chi connectivity index (χ0v) is 10.3. The number of rotatable bonds is 4. The normalized spacial score (nSPS) is 20.2. The first-order chi connectivity index (χ1) is 7.62. The molecule has 2 nitrogen and oxygen atoms in total. The van der Waals surface area contributed by atoms with Crippen LogP contribution in [0.1, 0.15) is 25.3 Å². The molecular formula is C13H18ClNO. The highest BCUT2D eigenvalue weighted by Crippen LogP contribution is 2.37. The molecule has 88 valence electrons. The van der Waals surface area contributed by atoms with Gasteiger partial charge in [0.15, 0.2) is 0 Å². The van der Waals surface area contributed by atoms with Crippen LogP contribution in [0.25, 0.3) is 0 Å². The van der Waals surface area contributed by atoms with E-state index in [2.05, 4.69) is 19.1 Å². The summed E-state index contributed by atoms with van der Waals surface area (Å²) in [6.07, 6.45) is 2.12. The van der Waals surface area contributed by atoms with E-state index in [0.717, 1.165) is 31.1 Å². The quantitative estimate of drug-likeness (QED) is 0.877. The standard InChI is InChI=1S/C13H18ClNO/c1-10(15)6-7-13(8-16-9-13)11-2-4-12(14)5-3-11/h2-5,10H,6-9,15H2,1H3. The van der Waals surface area contributed by atoms with Gasteiger partial charge < -0.3 is 10.5 Å². The maximum Gasteiger partial charge on any atom is 0.0585 e. The van der Waals surface area contributed by atoms with Crippen LogP contribution in [-0.4, -0.2) is 19.3 Å². The molecule has 0 saturated carbocycles. The Morgan fingerprint density at radius 2 is 2.00 bits per heavy atom. The molecule has 1 aromatic rings. The second-order valence-corrected chi connectivity index (χ2v) is 5.23. The molecule has 0 radical (unpaired) electrons. The summed E-state index contributed by atoms with van der Waals surface area (Å²) < 4.78 is 5.38. The number of hydrogen-bond donors (Lipinski definition) is 1. The van der Waals surface area contributed by atoms with E-state index in [0.29, 0.717) is 0 Å². The van der Waals surface area contributed by atoms with Crippen molar-refractivity contribution in [2.75, 3.05) is 13.2 Å². The summed E-state index contributed by atoms with van der Waals surface area (Å²) in [5.74, 6) is 0. The lowest BCUT2D eigenvalue weighted by molar-refractivity contribution is -0.0656. The minimum absolute atomic E-state index is 0.179. The van der Waals surface area contributed by atoms with Crippen molar-refractivity contribution in [3.05, 3.63) is 34.9 Å². The molecule has 1 fully saturated rings. The summed E-state index contributed by atoms with van der Waals surface area (Å²) in [5.41, 5.74) is 7.32. The molecule has 1 atom stereocenters. The third kappa shape index (κ3) is 2.40. The van der Waals surface area contributed by atoms with Crippen molar-refractivity contribution in [2.24, 2.45) is 5.73 Å². The molecule has 1 aliphatic heterocycles. The van der Waals surface area contributed by atoms with Gasteiger partial charge in [-0.15, -0.1) is 0 Å². The number of hydrogen-bond acceptors (Lipinski definition) is 2. The SMILES string of the molecule is CC(N)CCC1(c2ccc(Cl)cc2)COC1. The van der Waals surface area contributed by atoms with E-state index in [9.17, 15) is 0 Å². The van der Waals surface area contributed by atoms with E-state index in [1.54, 1.807) is 0 Å². The largest absolute Gasteiger partial charge is 0.379 e. The topological polar surface area (TPSA) is 35.2 Å². The minimum atomic E-state index is 0.179. The van der Waals surface area contributed by atoms with E-state index >= 15 is 0 Å². The van der Waals surface area contributed by atoms with E-state index in [1.165, 1.54) is 5.56 Å². The van der Waals surface area contributed by atoms with Gasteiger partial charge in [-0.1, -0.05) is 23.7 Å². The van der Waals surface area contributed by atoms with Crippen molar-refractivity contribution < 1.29 is 4.74 Å². The number of ether oxygens (including phenoxy) is 1.